The summed E-state index contributed by atoms with van der Waals surface area (Å²) >= 11 is 0. The summed E-state index contributed by atoms with van der Waals surface area (Å²) in [7, 11) is -3.55. The van der Waals surface area contributed by atoms with Gasteiger partial charge in [-0.1, -0.05) is 0 Å². The van der Waals surface area contributed by atoms with Crippen molar-refractivity contribution in [2.24, 2.45) is 0 Å². The van der Waals surface area contributed by atoms with Crippen molar-refractivity contribution in [3.8, 4) is 0 Å². The molecule has 8 heteroatoms. The summed E-state index contributed by atoms with van der Waals surface area (Å²) in [4.78, 5) is 22.8. The third kappa shape index (κ3) is 1.76. The summed E-state index contributed by atoms with van der Waals surface area (Å²) in [5.41, 5.74) is -0.00579. The van der Waals surface area contributed by atoms with Crippen LogP contribution in [-0.4, -0.2) is 35.3 Å². The predicted octanol–water partition coefficient (Wildman–Crippen LogP) is -4.61. The number of β-lactam (4-membered cyclic amide) rings is 1. The summed E-state index contributed by atoms with van der Waals surface area (Å²) < 4.78 is 22.6. The van der Waals surface area contributed by atoms with Crippen molar-refractivity contribution in [1.29, 1.82) is 0 Å². The maximum absolute atomic E-state index is 12.0. The average molecular weight is 267 g/mol. The van der Waals surface area contributed by atoms with E-state index in [1.54, 1.807) is 0 Å². The van der Waals surface area contributed by atoms with E-state index in [0.29, 0.717) is 6.08 Å². The van der Waals surface area contributed by atoms with E-state index in [2.05, 4.69) is 0 Å². The number of sulfone groups is 1. The van der Waals surface area contributed by atoms with Crippen LogP contribution in [0.2, 0.25) is 0 Å². The van der Waals surface area contributed by atoms with Gasteiger partial charge in [0.2, 0.25) is 5.91 Å². The SMILES string of the molecule is CC1(C)/C(=C/C(=O)[O-])N2C(=O)C[C@H]2S1(=O)=O.[Na+]. The molecule has 0 radical (unpaired) electrons. The number of nitrogens with zero attached hydrogens (tertiary/aromatic N) is 1. The molecular formula is C9H10NNaO5S. The molecule has 2 heterocycles. The van der Waals surface area contributed by atoms with Crippen LogP contribution in [0.3, 0.4) is 0 Å². The first kappa shape index (κ1) is 14.7. The number of amides is 1. The van der Waals surface area contributed by atoms with Crippen LogP contribution in [0.5, 0.6) is 0 Å². The molecule has 0 spiro atoms. The zero-order chi connectivity index (χ0) is 12.3. The second-order valence-electron chi connectivity index (χ2n) is 4.33. The summed E-state index contributed by atoms with van der Waals surface area (Å²) in [6.07, 6.45) is 0.616. The number of hydrogen-bond donors (Lipinski definition) is 0. The molecule has 2 rings (SSSR count). The van der Waals surface area contributed by atoms with Crippen molar-refractivity contribution in [1.82, 2.24) is 4.90 Å². The first-order valence-electron chi connectivity index (χ1n) is 4.68. The van der Waals surface area contributed by atoms with Gasteiger partial charge in [0.1, 0.15) is 10.1 Å². The van der Waals surface area contributed by atoms with Crippen LogP contribution in [0.25, 0.3) is 0 Å². The van der Waals surface area contributed by atoms with Crippen LogP contribution in [0.4, 0.5) is 0 Å². The first-order valence-corrected chi connectivity index (χ1v) is 6.23. The van der Waals surface area contributed by atoms with Crippen molar-refractivity contribution in [3.05, 3.63) is 11.8 Å². The Morgan fingerprint density at radius 1 is 1.53 bits per heavy atom. The van der Waals surface area contributed by atoms with E-state index in [9.17, 15) is 23.1 Å². The Labute approximate surface area is 121 Å². The number of aliphatic carboxylic acids is 1. The Morgan fingerprint density at radius 3 is 2.47 bits per heavy atom. The van der Waals surface area contributed by atoms with Gasteiger partial charge in [0, 0.05) is 5.70 Å². The minimum atomic E-state index is -3.55. The molecule has 2 saturated heterocycles. The summed E-state index contributed by atoms with van der Waals surface area (Å²) in [5, 5.41) is 9.61. The van der Waals surface area contributed by atoms with Crippen LogP contribution >= 0.6 is 0 Å². The van der Waals surface area contributed by atoms with E-state index in [-0.39, 0.29) is 47.6 Å². The van der Waals surface area contributed by atoms with Crippen LogP contribution in [0.15, 0.2) is 11.8 Å². The molecule has 0 aliphatic carbocycles. The Kier molecular flexibility index (Phi) is 3.53. The van der Waals surface area contributed by atoms with E-state index < -0.39 is 25.9 Å². The van der Waals surface area contributed by atoms with E-state index in [1.807, 2.05) is 0 Å². The molecule has 1 amide bonds. The van der Waals surface area contributed by atoms with E-state index in [1.165, 1.54) is 13.8 Å². The van der Waals surface area contributed by atoms with Crippen LogP contribution in [0.1, 0.15) is 20.3 Å². The van der Waals surface area contributed by atoms with Gasteiger partial charge in [0.15, 0.2) is 9.84 Å². The van der Waals surface area contributed by atoms with E-state index in [0.717, 1.165) is 4.90 Å². The summed E-state index contributed by atoms with van der Waals surface area (Å²) in [6.45, 7) is 2.78. The molecule has 17 heavy (non-hydrogen) atoms. The van der Waals surface area contributed by atoms with Gasteiger partial charge in [-0.05, 0) is 19.9 Å². The number of rotatable bonds is 1. The fourth-order valence-corrected chi connectivity index (χ4v) is 4.06. The largest absolute Gasteiger partial charge is 1.00 e. The molecule has 2 fully saturated rings. The summed E-state index contributed by atoms with van der Waals surface area (Å²) in [5.74, 6) is -1.87. The van der Waals surface area contributed by atoms with Gasteiger partial charge in [-0.3, -0.25) is 9.69 Å². The standard InChI is InChI=1S/C9H11NO5S.Na/c1-9(2)5(3-8(12)13)10-6(11)4-7(10)16(9,14)15;/h3,7H,4H2,1-2H3,(H,12,13);/q;+1/p-1/b5-3-;/t7-;/m1./s1. The van der Waals surface area contributed by atoms with Gasteiger partial charge >= 0.3 is 29.6 Å². The molecule has 0 bridgehead atoms. The molecule has 0 saturated carbocycles. The van der Waals surface area contributed by atoms with Gasteiger partial charge in [0.25, 0.3) is 0 Å². The smallest absolute Gasteiger partial charge is 0.545 e. The van der Waals surface area contributed by atoms with Crippen molar-refractivity contribution >= 4 is 21.7 Å². The fourth-order valence-electron chi connectivity index (χ4n) is 2.06. The van der Waals surface area contributed by atoms with Crippen LogP contribution in [-0.2, 0) is 19.4 Å². The molecule has 88 valence electrons. The Morgan fingerprint density at radius 2 is 2.06 bits per heavy atom. The topological polar surface area (TPSA) is 94.6 Å². The number of carbonyl (C=O) groups is 2. The van der Waals surface area contributed by atoms with Crippen molar-refractivity contribution in [3.63, 3.8) is 0 Å². The maximum atomic E-state index is 12.0. The monoisotopic (exact) mass is 267 g/mol. The number of carboxylic acids is 1. The molecule has 2 aliphatic heterocycles. The second-order valence-corrected chi connectivity index (χ2v) is 6.98. The third-order valence-corrected chi connectivity index (χ3v) is 5.83. The minimum Gasteiger partial charge on any atom is -0.545 e. The molecule has 0 aromatic rings. The molecule has 0 unspecified atom stereocenters. The predicted molar refractivity (Wildman–Crippen MR) is 51.3 cm³/mol. The van der Waals surface area contributed by atoms with E-state index in [4.69, 9.17) is 0 Å². The Hall–Kier alpha value is -0.370. The maximum Gasteiger partial charge on any atom is 1.00 e. The van der Waals surface area contributed by atoms with E-state index >= 15 is 0 Å². The van der Waals surface area contributed by atoms with Crippen molar-refractivity contribution in [2.75, 3.05) is 0 Å². The molecule has 1 atom stereocenters. The number of carbonyl (C=O) groups excluding carboxylic acids is 2. The van der Waals surface area contributed by atoms with Gasteiger partial charge in [-0.25, -0.2) is 8.42 Å². The summed E-state index contributed by atoms with van der Waals surface area (Å²) in [6, 6.07) is 0. The first-order chi connectivity index (χ1) is 7.19. The molecule has 0 N–H and O–H groups in total. The van der Waals surface area contributed by atoms with Crippen molar-refractivity contribution < 1.29 is 52.7 Å². The number of hydrogen-bond acceptors (Lipinski definition) is 5. The average Bonchev–Trinajstić information content (AvgIpc) is 2.21. The normalized spacial score (nSPS) is 30.5. The molecule has 6 nitrogen and oxygen atoms in total. The van der Waals surface area contributed by atoms with Crippen molar-refractivity contribution in [2.45, 2.75) is 30.4 Å². The molecule has 0 aromatic carbocycles. The Bertz CT molecular complexity index is 522. The Balaban J connectivity index is 0.00000144. The van der Waals surface area contributed by atoms with Gasteiger partial charge in [-0.15, -0.1) is 0 Å². The third-order valence-electron chi connectivity index (χ3n) is 3.11. The molecule has 0 aromatic heterocycles. The molecular weight excluding hydrogens is 257 g/mol. The number of fused-ring (bicyclic) bond motifs is 1. The quantitative estimate of drug-likeness (QED) is 0.271. The van der Waals surface area contributed by atoms with Gasteiger partial charge in [0.05, 0.1) is 12.4 Å². The van der Waals surface area contributed by atoms with Gasteiger partial charge < -0.3 is 9.90 Å². The fraction of sp³-hybridized carbons (Fsp3) is 0.556. The zero-order valence-corrected chi connectivity index (χ0v) is 12.6. The molecule has 2 aliphatic rings. The van der Waals surface area contributed by atoms with Gasteiger partial charge in [-0.2, -0.15) is 0 Å². The van der Waals surface area contributed by atoms with Crippen LogP contribution < -0.4 is 34.7 Å². The minimum absolute atomic E-state index is 0. The number of carboxylic acid groups (broad SMARTS) is 1. The zero-order valence-electron chi connectivity index (χ0n) is 9.76. The van der Waals surface area contributed by atoms with Crippen LogP contribution in [0, 0.1) is 0 Å². The second kappa shape index (κ2) is 4.08.